The maximum absolute atomic E-state index is 4.21. The molecule has 4 heteroatoms. The zero-order chi connectivity index (χ0) is 13.4. The zero-order valence-corrected chi connectivity index (χ0v) is 11.5. The fraction of sp³-hybridized carbons (Fsp3) is 0.429. The smallest absolute Gasteiger partial charge is 0.0588 e. The van der Waals surface area contributed by atoms with E-state index in [4.69, 9.17) is 0 Å². The van der Waals surface area contributed by atoms with Crippen LogP contribution in [0, 0.1) is 20.8 Å². The predicted octanol–water partition coefficient (Wildman–Crippen LogP) is 2.83. The van der Waals surface area contributed by atoms with Gasteiger partial charge < -0.3 is 0 Å². The molecule has 96 valence electrons. The van der Waals surface area contributed by atoms with E-state index in [2.05, 4.69) is 26.9 Å². The summed E-state index contributed by atoms with van der Waals surface area (Å²) in [6.07, 6.45) is 9.18. The summed E-state index contributed by atoms with van der Waals surface area (Å²) in [6.45, 7) is 8.01. The van der Waals surface area contributed by atoms with Crippen molar-refractivity contribution < 1.29 is 0 Å². The van der Waals surface area contributed by atoms with E-state index in [1.165, 1.54) is 0 Å². The normalized spacial score (nSPS) is 9.56. The van der Waals surface area contributed by atoms with Crippen molar-refractivity contribution in [3.05, 3.63) is 47.6 Å². The summed E-state index contributed by atoms with van der Waals surface area (Å²) in [6, 6.07) is 0. The first-order valence-corrected chi connectivity index (χ1v) is 6.15. The Hall–Kier alpha value is -1.84. The molecular formula is C14H20N4. The number of hydrogen-bond donors (Lipinski definition) is 0. The molecule has 2 heterocycles. The monoisotopic (exact) mass is 244 g/mol. The van der Waals surface area contributed by atoms with Crippen LogP contribution in [0.15, 0.2) is 24.8 Å². The molecule has 0 unspecified atom stereocenters. The summed E-state index contributed by atoms with van der Waals surface area (Å²) < 4.78 is 0. The number of aryl methyl sites for hydroxylation is 4. The van der Waals surface area contributed by atoms with Crippen LogP contribution in [-0.4, -0.2) is 19.9 Å². The van der Waals surface area contributed by atoms with Crippen LogP contribution in [0.1, 0.15) is 36.1 Å². The molecule has 0 saturated heterocycles. The third-order valence-corrected chi connectivity index (χ3v) is 2.44. The molecule has 0 aliphatic carbocycles. The molecule has 0 aromatic carbocycles. The first kappa shape index (κ1) is 14.2. The molecule has 0 aliphatic heterocycles. The van der Waals surface area contributed by atoms with E-state index in [1.807, 2.05) is 27.0 Å². The Kier molecular flexibility index (Phi) is 5.91. The van der Waals surface area contributed by atoms with E-state index in [0.29, 0.717) is 0 Å². The predicted molar refractivity (Wildman–Crippen MR) is 72.3 cm³/mol. The summed E-state index contributed by atoms with van der Waals surface area (Å²) in [7, 11) is 0. The Balaban J connectivity index is 0.000000180. The van der Waals surface area contributed by atoms with Crippen LogP contribution in [0.2, 0.25) is 0 Å². The Bertz CT molecular complexity index is 468. The topological polar surface area (TPSA) is 51.6 Å². The van der Waals surface area contributed by atoms with Crippen molar-refractivity contribution in [2.75, 3.05) is 0 Å². The van der Waals surface area contributed by atoms with Crippen molar-refractivity contribution in [1.29, 1.82) is 0 Å². The van der Waals surface area contributed by atoms with Gasteiger partial charge in [0.2, 0.25) is 0 Å². The highest BCUT2D eigenvalue weighted by Gasteiger charge is 1.92. The number of hydrogen-bond acceptors (Lipinski definition) is 4. The van der Waals surface area contributed by atoms with Gasteiger partial charge in [-0.2, -0.15) is 0 Å². The standard InChI is InChI=1S/2C7H10N2/c1-5-4-8-6(2)7(3)9-5;1-2-3-7-6-8-4-5-9-7/h4H,1-3H3;4-6H,2-3H2,1H3. The van der Waals surface area contributed by atoms with Gasteiger partial charge in [0.25, 0.3) is 0 Å². The maximum atomic E-state index is 4.21. The SMILES string of the molecule is CCCc1cnccn1.Cc1cnc(C)c(C)n1. The number of nitrogens with zero attached hydrogens (tertiary/aromatic N) is 4. The minimum absolute atomic E-state index is 0.984. The van der Waals surface area contributed by atoms with Crippen LogP contribution < -0.4 is 0 Å². The van der Waals surface area contributed by atoms with Crippen molar-refractivity contribution in [3.63, 3.8) is 0 Å². The second-order valence-electron chi connectivity index (χ2n) is 4.13. The third kappa shape index (κ3) is 4.99. The Morgan fingerprint density at radius 2 is 1.72 bits per heavy atom. The summed E-state index contributed by atoms with van der Waals surface area (Å²) in [5.41, 5.74) is 4.11. The lowest BCUT2D eigenvalue weighted by molar-refractivity contribution is 0.870. The molecule has 2 aromatic heterocycles. The highest BCUT2D eigenvalue weighted by atomic mass is 14.8. The van der Waals surface area contributed by atoms with Crippen LogP contribution in [0.3, 0.4) is 0 Å². The van der Waals surface area contributed by atoms with Gasteiger partial charge in [-0.15, -0.1) is 0 Å². The minimum Gasteiger partial charge on any atom is -0.261 e. The third-order valence-electron chi connectivity index (χ3n) is 2.44. The largest absolute Gasteiger partial charge is 0.261 e. The van der Waals surface area contributed by atoms with Gasteiger partial charge in [0.15, 0.2) is 0 Å². The molecule has 0 atom stereocenters. The molecule has 0 saturated carbocycles. The number of aromatic nitrogens is 4. The van der Waals surface area contributed by atoms with Gasteiger partial charge in [0, 0.05) is 24.8 Å². The highest BCUT2D eigenvalue weighted by Crippen LogP contribution is 1.98. The molecule has 4 nitrogen and oxygen atoms in total. The van der Waals surface area contributed by atoms with E-state index in [-0.39, 0.29) is 0 Å². The van der Waals surface area contributed by atoms with Crippen LogP contribution >= 0.6 is 0 Å². The quantitative estimate of drug-likeness (QED) is 0.815. The lowest BCUT2D eigenvalue weighted by Crippen LogP contribution is -1.92. The van der Waals surface area contributed by atoms with Gasteiger partial charge in [-0.1, -0.05) is 13.3 Å². The van der Waals surface area contributed by atoms with E-state index >= 15 is 0 Å². The molecule has 0 amide bonds. The van der Waals surface area contributed by atoms with Gasteiger partial charge in [-0.25, -0.2) is 0 Å². The van der Waals surface area contributed by atoms with E-state index in [9.17, 15) is 0 Å². The van der Waals surface area contributed by atoms with Crippen molar-refractivity contribution >= 4 is 0 Å². The second kappa shape index (κ2) is 7.48. The van der Waals surface area contributed by atoms with Crippen LogP contribution in [0.5, 0.6) is 0 Å². The lowest BCUT2D eigenvalue weighted by Gasteiger charge is -1.96. The molecule has 0 N–H and O–H groups in total. The Morgan fingerprint density at radius 1 is 0.944 bits per heavy atom. The molecule has 0 aliphatic rings. The molecule has 0 radical (unpaired) electrons. The fourth-order valence-electron chi connectivity index (χ4n) is 1.37. The van der Waals surface area contributed by atoms with Crippen molar-refractivity contribution in [2.24, 2.45) is 0 Å². The fourth-order valence-corrected chi connectivity index (χ4v) is 1.37. The molecule has 0 bridgehead atoms. The maximum Gasteiger partial charge on any atom is 0.0588 e. The van der Waals surface area contributed by atoms with Gasteiger partial charge in [0.1, 0.15) is 0 Å². The second-order valence-corrected chi connectivity index (χ2v) is 4.13. The lowest BCUT2D eigenvalue weighted by atomic mass is 10.3. The van der Waals surface area contributed by atoms with Crippen molar-refractivity contribution in [1.82, 2.24) is 19.9 Å². The highest BCUT2D eigenvalue weighted by molar-refractivity contribution is 5.09. The van der Waals surface area contributed by atoms with Gasteiger partial charge in [0.05, 0.1) is 22.8 Å². The minimum atomic E-state index is 0.984. The first-order chi connectivity index (χ1) is 8.63. The van der Waals surface area contributed by atoms with Crippen molar-refractivity contribution in [2.45, 2.75) is 40.5 Å². The van der Waals surface area contributed by atoms with Gasteiger partial charge >= 0.3 is 0 Å². The van der Waals surface area contributed by atoms with E-state index in [1.54, 1.807) is 18.6 Å². The Morgan fingerprint density at radius 3 is 2.22 bits per heavy atom. The molecule has 18 heavy (non-hydrogen) atoms. The average Bonchev–Trinajstić information content (AvgIpc) is 2.37. The average molecular weight is 244 g/mol. The molecule has 0 fully saturated rings. The number of rotatable bonds is 2. The van der Waals surface area contributed by atoms with Crippen LogP contribution in [-0.2, 0) is 6.42 Å². The molecule has 0 spiro atoms. The van der Waals surface area contributed by atoms with Crippen LogP contribution in [0.4, 0.5) is 0 Å². The van der Waals surface area contributed by atoms with Crippen molar-refractivity contribution in [3.8, 4) is 0 Å². The van der Waals surface area contributed by atoms with E-state index < -0.39 is 0 Å². The van der Waals surface area contributed by atoms with Crippen LogP contribution in [0.25, 0.3) is 0 Å². The first-order valence-electron chi connectivity index (χ1n) is 6.15. The molecule has 2 aromatic rings. The van der Waals surface area contributed by atoms with E-state index in [0.717, 1.165) is 35.6 Å². The summed E-state index contributed by atoms with van der Waals surface area (Å²) >= 11 is 0. The summed E-state index contributed by atoms with van der Waals surface area (Å²) in [5.74, 6) is 0. The summed E-state index contributed by atoms with van der Waals surface area (Å²) in [5, 5.41) is 0. The molecular weight excluding hydrogens is 224 g/mol. The zero-order valence-electron chi connectivity index (χ0n) is 11.5. The van der Waals surface area contributed by atoms with Gasteiger partial charge in [-0.05, 0) is 27.2 Å². The Labute approximate surface area is 109 Å². The summed E-state index contributed by atoms with van der Waals surface area (Å²) in [4.78, 5) is 16.4. The van der Waals surface area contributed by atoms with Gasteiger partial charge in [-0.3, -0.25) is 19.9 Å². The molecule has 2 rings (SSSR count).